The fraction of sp³-hybridized carbons (Fsp3) is 0.389. The second-order valence-corrected chi connectivity index (χ2v) is 6.55. The van der Waals surface area contributed by atoms with E-state index in [0.717, 1.165) is 31.1 Å². The number of anilines is 2. The highest BCUT2D eigenvalue weighted by atomic mass is 16.6. The molecule has 0 radical (unpaired) electrons. The molecule has 1 amide bonds. The van der Waals surface area contributed by atoms with E-state index in [1.165, 1.54) is 25.3 Å². The smallest absolute Gasteiger partial charge is 0.282 e. The zero-order valence-electron chi connectivity index (χ0n) is 15.8. The first kappa shape index (κ1) is 19.5. The molecule has 3 rings (SSSR count). The summed E-state index contributed by atoms with van der Waals surface area (Å²) in [6, 6.07) is 5.59. The number of nitro groups is 1. The van der Waals surface area contributed by atoms with Gasteiger partial charge in [0, 0.05) is 24.5 Å². The van der Waals surface area contributed by atoms with Gasteiger partial charge in [-0.15, -0.1) is 0 Å². The quantitative estimate of drug-likeness (QED) is 0.535. The molecule has 0 bridgehead atoms. The summed E-state index contributed by atoms with van der Waals surface area (Å²) >= 11 is 0. The molecule has 1 aliphatic heterocycles. The maximum absolute atomic E-state index is 12.7. The van der Waals surface area contributed by atoms with Crippen molar-refractivity contribution in [1.82, 2.24) is 9.97 Å². The van der Waals surface area contributed by atoms with E-state index in [1.807, 2.05) is 6.92 Å². The first-order chi connectivity index (χ1) is 13.5. The molecule has 0 unspecified atom stereocenters. The molecule has 10 heteroatoms. The molecule has 1 atom stereocenters. The van der Waals surface area contributed by atoms with Crippen molar-refractivity contribution in [3.05, 3.63) is 46.8 Å². The van der Waals surface area contributed by atoms with Crippen LogP contribution in [0.25, 0.3) is 0 Å². The van der Waals surface area contributed by atoms with Crippen LogP contribution in [0.2, 0.25) is 0 Å². The number of nitrogens with one attached hydrogen (secondary N) is 2. The van der Waals surface area contributed by atoms with Crippen molar-refractivity contribution in [2.75, 3.05) is 43.5 Å². The van der Waals surface area contributed by atoms with E-state index in [0.29, 0.717) is 17.4 Å². The zero-order chi connectivity index (χ0) is 20.1. The summed E-state index contributed by atoms with van der Waals surface area (Å²) in [5.41, 5.74) is 0.192. The third kappa shape index (κ3) is 4.34. The number of ether oxygens (including phenoxy) is 1. The normalized spacial score (nSPS) is 15.7. The van der Waals surface area contributed by atoms with Crippen molar-refractivity contribution >= 4 is 23.2 Å². The Morgan fingerprint density at radius 2 is 2.00 bits per heavy atom. The number of amides is 1. The molecule has 10 nitrogen and oxygen atoms in total. The minimum Gasteiger partial charge on any atom is -0.495 e. The molecule has 148 valence electrons. The number of methoxy groups -OCH3 is 1. The Balaban J connectivity index is 1.62. The lowest BCUT2D eigenvalue weighted by atomic mass is 10.2. The molecule has 2 N–H and O–H groups in total. The van der Waals surface area contributed by atoms with Gasteiger partial charge >= 0.3 is 0 Å². The standard InChI is InChI=1S/C18H22N6O4/c1-13(22-8-10-23(11-9-22)18-19-6-3-7-20-18)17(25)21-15-12-14(24(26)27)4-5-16(15)28-2/h3-7,12-13H,8-11H2,1-2H3,(H,21,25)/p+1/t13-/m0/s1. The van der Waals surface area contributed by atoms with E-state index in [-0.39, 0.29) is 17.6 Å². The molecule has 28 heavy (non-hydrogen) atoms. The molecule has 1 fully saturated rings. The van der Waals surface area contributed by atoms with Crippen LogP contribution in [0.5, 0.6) is 5.75 Å². The van der Waals surface area contributed by atoms with Crippen molar-refractivity contribution in [2.45, 2.75) is 13.0 Å². The molecule has 1 aromatic heterocycles. The Morgan fingerprint density at radius 3 is 2.61 bits per heavy atom. The maximum Gasteiger partial charge on any atom is 0.282 e. The van der Waals surface area contributed by atoms with Gasteiger partial charge in [-0.3, -0.25) is 14.9 Å². The van der Waals surface area contributed by atoms with Gasteiger partial charge in [-0.1, -0.05) is 0 Å². The summed E-state index contributed by atoms with van der Waals surface area (Å²) < 4.78 is 5.20. The summed E-state index contributed by atoms with van der Waals surface area (Å²) in [4.78, 5) is 35.0. The van der Waals surface area contributed by atoms with Gasteiger partial charge in [-0.25, -0.2) is 9.97 Å². The minimum atomic E-state index is -0.505. The Hall–Kier alpha value is -3.27. The van der Waals surface area contributed by atoms with E-state index in [9.17, 15) is 14.9 Å². The van der Waals surface area contributed by atoms with Crippen LogP contribution >= 0.6 is 0 Å². The number of quaternary nitrogens is 1. The van der Waals surface area contributed by atoms with E-state index in [2.05, 4.69) is 20.2 Å². The molecule has 2 heterocycles. The Morgan fingerprint density at radius 1 is 1.32 bits per heavy atom. The summed E-state index contributed by atoms with van der Waals surface area (Å²) in [7, 11) is 1.45. The fourth-order valence-corrected chi connectivity index (χ4v) is 3.22. The predicted octanol–water partition coefficient (Wildman–Crippen LogP) is 0.126. The first-order valence-corrected chi connectivity index (χ1v) is 8.99. The van der Waals surface area contributed by atoms with Crippen LogP contribution in [0.15, 0.2) is 36.7 Å². The van der Waals surface area contributed by atoms with Crippen LogP contribution in [0.4, 0.5) is 17.3 Å². The third-order valence-corrected chi connectivity index (χ3v) is 4.90. The monoisotopic (exact) mass is 387 g/mol. The number of piperazine rings is 1. The topological polar surface area (TPSA) is 115 Å². The van der Waals surface area contributed by atoms with Gasteiger partial charge in [0.15, 0.2) is 6.04 Å². The molecule has 1 saturated heterocycles. The number of nitrogens with zero attached hydrogens (tertiary/aromatic N) is 4. The van der Waals surface area contributed by atoms with Crippen molar-refractivity contribution in [3.8, 4) is 5.75 Å². The van der Waals surface area contributed by atoms with Gasteiger partial charge in [0.05, 0.1) is 43.9 Å². The van der Waals surface area contributed by atoms with Crippen LogP contribution in [0, 0.1) is 10.1 Å². The van der Waals surface area contributed by atoms with E-state index in [1.54, 1.807) is 18.5 Å². The number of non-ortho nitro benzene ring substituents is 1. The molecule has 2 aromatic rings. The van der Waals surface area contributed by atoms with Gasteiger partial charge in [-0.2, -0.15) is 0 Å². The zero-order valence-corrected chi connectivity index (χ0v) is 15.8. The molecule has 1 aromatic carbocycles. The van der Waals surface area contributed by atoms with Gasteiger partial charge in [0.2, 0.25) is 5.95 Å². The number of hydrogen-bond donors (Lipinski definition) is 2. The summed E-state index contributed by atoms with van der Waals surface area (Å²) in [5, 5.41) is 13.8. The number of carbonyl (C=O) groups excluding carboxylic acids is 1. The van der Waals surface area contributed by atoms with Gasteiger partial charge < -0.3 is 19.9 Å². The highest BCUT2D eigenvalue weighted by Gasteiger charge is 2.30. The average Bonchev–Trinajstić information content (AvgIpc) is 2.73. The van der Waals surface area contributed by atoms with Gasteiger partial charge in [-0.05, 0) is 19.1 Å². The third-order valence-electron chi connectivity index (χ3n) is 4.90. The van der Waals surface area contributed by atoms with E-state index in [4.69, 9.17) is 4.74 Å². The lowest BCUT2D eigenvalue weighted by Gasteiger charge is -2.34. The van der Waals surface area contributed by atoms with Gasteiger partial charge in [0.25, 0.3) is 11.6 Å². The molecule has 1 aliphatic rings. The molecule has 0 spiro atoms. The number of nitro benzene ring substituents is 1. The average molecular weight is 387 g/mol. The molecule has 0 aliphatic carbocycles. The molecule has 0 saturated carbocycles. The minimum absolute atomic E-state index is 0.104. The van der Waals surface area contributed by atoms with Crippen LogP contribution in [0.3, 0.4) is 0 Å². The van der Waals surface area contributed by atoms with Crippen LogP contribution in [-0.4, -0.2) is 60.1 Å². The van der Waals surface area contributed by atoms with Crippen molar-refractivity contribution in [3.63, 3.8) is 0 Å². The highest BCUT2D eigenvalue weighted by Crippen LogP contribution is 2.28. The largest absolute Gasteiger partial charge is 0.495 e. The SMILES string of the molecule is COc1ccc([N+](=O)[O-])cc1NC(=O)[C@H](C)[NH+]1CCN(c2ncccn2)CC1. The summed E-state index contributed by atoms with van der Waals surface area (Å²) in [6.45, 7) is 4.87. The van der Waals surface area contributed by atoms with Crippen LogP contribution in [0.1, 0.15) is 6.92 Å². The van der Waals surface area contributed by atoms with Crippen molar-refractivity contribution in [1.29, 1.82) is 0 Å². The second-order valence-electron chi connectivity index (χ2n) is 6.55. The lowest BCUT2D eigenvalue weighted by molar-refractivity contribution is -0.914. The summed E-state index contributed by atoms with van der Waals surface area (Å²) in [5.74, 6) is 0.866. The number of benzene rings is 1. The number of carbonyl (C=O) groups is 1. The second kappa shape index (κ2) is 8.61. The fourth-order valence-electron chi connectivity index (χ4n) is 3.22. The van der Waals surface area contributed by atoms with Crippen molar-refractivity contribution in [2.24, 2.45) is 0 Å². The van der Waals surface area contributed by atoms with Crippen molar-refractivity contribution < 1.29 is 19.4 Å². The number of rotatable bonds is 6. The number of aromatic nitrogens is 2. The lowest BCUT2D eigenvalue weighted by Crippen LogP contribution is -3.19. The highest BCUT2D eigenvalue weighted by molar-refractivity contribution is 5.95. The summed E-state index contributed by atoms with van der Waals surface area (Å²) in [6.07, 6.45) is 3.42. The van der Waals surface area contributed by atoms with E-state index >= 15 is 0 Å². The maximum atomic E-state index is 12.7. The van der Waals surface area contributed by atoms with E-state index < -0.39 is 4.92 Å². The van der Waals surface area contributed by atoms with Crippen LogP contribution < -0.4 is 19.9 Å². The number of hydrogen-bond acceptors (Lipinski definition) is 7. The predicted molar refractivity (Wildman–Crippen MR) is 103 cm³/mol. The Labute approximate surface area is 162 Å². The van der Waals surface area contributed by atoms with Crippen LogP contribution in [-0.2, 0) is 4.79 Å². The Bertz CT molecular complexity index is 839. The van der Waals surface area contributed by atoms with Gasteiger partial charge in [0.1, 0.15) is 5.75 Å². The molecular weight excluding hydrogens is 364 g/mol. The Kier molecular flexibility index (Phi) is 5.99. The first-order valence-electron chi connectivity index (χ1n) is 8.99. The molecular formula is C18H23N6O4+.